The molecule has 1 atom stereocenters. The molecule has 0 heterocycles. The van der Waals surface area contributed by atoms with Crippen molar-refractivity contribution in [3.8, 4) is 5.75 Å². The van der Waals surface area contributed by atoms with Gasteiger partial charge in [0.25, 0.3) is 0 Å². The Morgan fingerprint density at radius 2 is 1.95 bits per heavy atom. The van der Waals surface area contributed by atoms with E-state index < -0.39 is 18.2 Å². The Balaban J connectivity index is 2.80. The second-order valence-corrected chi connectivity index (χ2v) is 4.80. The lowest BCUT2D eigenvalue weighted by Crippen LogP contribution is -2.28. The number of benzene rings is 1. The van der Waals surface area contributed by atoms with E-state index in [2.05, 4.69) is 0 Å². The van der Waals surface area contributed by atoms with Crippen molar-refractivity contribution >= 4 is 0 Å². The molecule has 1 aromatic carbocycles. The number of hydrogen-bond donors (Lipinski definition) is 1. The van der Waals surface area contributed by atoms with E-state index >= 15 is 0 Å². The third-order valence-electron chi connectivity index (χ3n) is 2.77. The van der Waals surface area contributed by atoms with E-state index in [1.165, 1.54) is 12.1 Å². The molecule has 0 spiro atoms. The molecule has 19 heavy (non-hydrogen) atoms. The van der Waals surface area contributed by atoms with Gasteiger partial charge in [0, 0.05) is 0 Å². The first kappa shape index (κ1) is 15.8. The first-order chi connectivity index (χ1) is 8.74. The maximum absolute atomic E-state index is 12.4. The number of halogens is 3. The van der Waals surface area contributed by atoms with Gasteiger partial charge >= 0.3 is 6.18 Å². The van der Waals surface area contributed by atoms with Gasteiger partial charge in [-0.1, -0.05) is 25.5 Å². The number of aliphatic hydroxyl groups is 1. The SMILES string of the molecule is CCCCOc1cccc(C(C)(O)CC(F)(F)F)c1. The molecule has 1 unspecified atom stereocenters. The fourth-order valence-electron chi connectivity index (χ4n) is 1.75. The van der Waals surface area contributed by atoms with Crippen LogP contribution in [0, 0.1) is 0 Å². The maximum atomic E-state index is 12.4. The van der Waals surface area contributed by atoms with Crippen molar-refractivity contribution in [1.82, 2.24) is 0 Å². The molecule has 0 fully saturated rings. The summed E-state index contributed by atoms with van der Waals surface area (Å²) in [6.07, 6.45) is -3.84. The average molecular weight is 276 g/mol. The van der Waals surface area contributed by atoms with Crippen molar-refractivity contribution in [2.45, 2.75) is 44.9 Å². The van der Waals surface area contributed by atoms with Gasteiger partial charge in [-0.05, 0) is 31.0 Å². The molecular weight excluding hydrogens is 257 g/mol. The molecule has 1 N–H and O–H groups in total. The summed E-state index contributed by atoms with van der Waals surface area (Å²) in [6.45, 7) is 3.70. The largest absolute Gasteiger partial charge is 0.494 e. The molecule has 0 amide bonds. The van der Waals surface area contributed by atoms with Crippen LogP contribution in [-0.2, 0) is 5.60 Å². The first-order valence-electron chi connectivity index (χ1n) is 6.27. The highest BCUT2D eigenvalue weighted by Crippen LogP contribution is 2.35. The summed E-state index contributed by atoms with van der Waals surface area (Å²) in [7, 11) is 0. The normalized spacial score (nSPS) is 15.1. The zero-order chi connectivity index (χ0) is 14.5. The Labute approximate surface area is 111 Å². The van der Waals surface area contributed by atoms with Crippen LogP contribution in [0.3, 0.4) is 0 Å². The summed E-state index contributed by atoms with van der Waals surface area (Å²) in [5, 5.41) is 9.94. The van der Waals surface area contributed by atoms with E-state index in [1.807, 2.05) is 6.92 Å². The molecular formula is C14H19F3O2. The van der Waals surface area contributed by atoms with Gasteiger partial charge in [-0.15, -0.1) is 0 Å². The molecule has 0 saturated heterocycles. The van der Waals surface area contributed by atoms with Crippen molar-refractivity contribution in [2.75, 3.05) is 6.61 Å². The third-order valence-corrected chi connectivity index (χ3v) is 2.77. The zero-order valence-electron chi connectivity index (χ0n) is 11.1. The quantitative estimate of drug-likeness (QED) is 0.795. The molecule has 1 aromatic rings. The number of hydrogen-bond acceptors (Lipinski definition) is 2. The topological polar surface area (TPSA) is 29.5 Å². The van der Waals surface area contributed by atoms with Crippen LogP contribution in [0.1, 0.15) is 38.7 Å². The van der Waals surface area contributed by atoms with Crippen LogP contribution in [-0.4, -0.2) is 17.9 Å². The fourth-order valence-corrected chi connectivity index (χ4v) is 1.75. The Morgan fingerprint density at radius 1 is 1.26 bits per heavy atom. The predicted octanol–water partition coefficient (Wildman–Crippen LogP) is 4.03. The van der Waals surface area contributed by atoms with Crippen molar-refractivity contribution in [3.05, 3.63) is 29.8 Å². The van der Waals surface area contributed by atoms with E-state index in [0.29, 0.717) is 12.4 Å². The van der Waals surface area contributed by atoms with Crippen LogP contribution >= 0.6 is 0 Å². The van der Waals surface area contributed by atoms with Crippen molar-refractivity contribution < 1.29 is 23.0 Å². The van der Waals surface area contributed by atoms with E-state index in [-0.39, 0.29) is 5.56 Å². The van der Waals surface area contributed by atoms with E-state index in [9.17, 15) is 18.3 Å². The summed E-state index contributed by atoms with van der Waals surface area (Å²) in [6, 6.07) is 6.18. The zero-order valence-corrected chi connectivity index (χ0v) is 11.1. The molecule has 0 bridgehead atoms. The molecule has 0 radical (unpaired) electrons. The van der Waals surface area contributed by atoms with Crippen LogP contribution < -0.4 is 4.74 Å². The van der Waals surface area contributed by atoms with E-state index in [4.69, 9.17) is 4.74 Å². The Kier molecular flexibility index (Phi) is 5.23. The first-order valence-corrected chi connectivity index (χ1v) is 6.27. The summed E-state index contributed by atoms with van der Waals surface area (Å²) in [5.41, 5.74) is -1.73. The molecule has 108 valence electrons. The monoisotopic (exact) mass is 276 g/mol. The van der Waals surface area contributed by atoms with Gasteiger partial charge in [0.05, 0.1) is 18.6 Å². The molecule has 0 saturated carbocycles. The minimum atomic E-state index is -4.41. The van der Waals surface area contributed by atoms with Gasteiger partial charge in [0.2, 0.25) is 0 Å². The number of ether oxygens (including phenoxy) is 1. The van der Waals surface area contributed by atoms with Gasteiger partial charge in [-0.2, -0.15) is 13.2 Å². The summed E-state index contributed by atoms with van der Waals surface area (Å²) < 4.78 is 42.6. The van der Waals surface area contributed by atoms with Gasteiger partial charge in [0.15, 0.2) is 0 Å². The number of rotatable bonds is 6. The van der Waals surface area contributed by atoms with Crippen molar-refractivity contribution in [1.29, 1.82) is 0 Å². The molecule has 1 rings (SSSR count). The lowest BCUT2D eigenvalue weighted by Gasteiger charge is -2.25. The summed E-state index contributed by atoms with van der Waals surface area (Å²) in [5.74, 6) is 0.480. The minimum Gasteiger partial charge on any atom is -0.494 e. The van der Waals surface area contributed by atoms with Gasteiger partial charge in [-0.25, -0.2) is 0 Å². The fraction of sp³-hybridized carbons (Fsp3) is 0.571. The highest BCUT2D eigenvalue weighted by Gasteiger charge is 2.39. The highest BCUT2D eigenvalue weighted by molar-refractivity contribution is 5.32. The standard InChI is InChI=1S/C14H19F3O2/c1-3-4-8-19-12-7-5-6-11(9-12)13(2,18)10-14(15,16)17/h5-7,9,18H,3-4,8,10H2,1-2H3. The molecule has 5 heteroatoms. The lowest BCUT2D eigenvalue weighted by molar-refractivity contribution is -0.174. The lowest BCUT2D eigenvalue weighted by atomic mass is 9.92. The smallest absolute Gasteiger partial charge is 0.392 e. The van der Waals surface area contributed by atoms with E-state index in [1.54, 1.807) is 12.1 Å². The molecule has 2 nitrogen and oxygen atoms in total. The molecule has 0 aliphatic heterocycles. The van der Waals surface area contributed by atoms with Gasteiger partial charge in [-0.3, -0.25) is 0 Å². The van der Waals surface area contributed by atoms with Crippen LogP contribution in [0.2, 0.25) is 0 Å². The van der Waals surface area contributed by atoms with Crippen molar-refractivity contribution in [2.24, 2.45) is 0 Å². The van der Waals surface area contributed by atoms with Crippen LogP contribution in [0.4, 0.5) is 13.2 Å². The minimum absolute atomic E-state index is 0.207. The molecule has 0 aromatic heterocycles. The second-order valence-electron chi connectivity index (χ2n) is 4.80. The Morgan fingerprint density at radius 3 is 2.53 bits per heavy atom. The summed E-state index contributed by atoms with van der Waals surface area (Å²) in [4.78, 5) is 0. The van der Waals surface area contributed by atoms with Crippen LogP contribution in [0.5, 0.6) is 5.75 Å². The van der Waals surface area contributed by atoms with Gasteiger partial charge in [0.1, 0.15) is 5.75 Å². The second kappa shape index (κ2) is 6.28. The predicted molar refractivity (Wildman–Crippen MR) is 67.1 cm³/mol. The molecule has 0 aliphatic carbocycles. The van der Waals surface area contributed by atoms with Crippen molar-refractivity contribution in [3.63, 3.8) is 0 Å². The summed E-state index contributed by atoms with van der Waals surface area (Å²) >= 11 is 0. The Hall–Kier alpha value is -1.23. The van der Waals surface area contributed by atoms with Gasteiger partial charge < -0.3 is 9.84 Å². The average Bonchev–Trinajstić information content (AvgIpc) is 2.27. The van der Waals surface area contributed by atoms with E-state index in [0.717, 1.165) is 19.8 Å². The van der Waals surface area contributed by atoms with Crippen LogP contribution in [0.15, 0.2) is 24.3 Å². The highest BCUT2D eigenvalue weighted by atomic mass is 19.4. The number of unbranched alkanes of at least 4 members (excludes halogenated alkanes) is 1. The van der Waals surface area contributed by atoms with Crippen LogP contribution in [0.25, 0.3) is 0 Å². The maximum Gasteiger partial charge on any atom is 0.392 e. The number of alkyl halides is 3. The third kappa shape index (κ3) is 5.51. The Bertz CT molecular complexity index is 400. The molecule has 0 aliphatic rings.